The van der Waals surface area contributed by atoms with Gasteiger partial charge in [0, 0.05) is 13.3 Å². The van der Waals surface area contributed by atoms with Crippen molar-refractivity contribution < 1.29 is 0 Å². The molecule has 0 unspecified atom stereocenters. The second kappa shape index (κ2) is 3.80. The molecule has 0 aliphatic carbocycles. The zero-order valence-electron chi connectivity index (χ0n) is 7.25. The van der Waals surface area contributed by atoms with Crippen molar-refractivity contribution in [2.75, 3.05) is 0 Å². The van der Waals surface area contributed by atoms with Crippen molar-refractivity contribution in [1.29, 1.82) is 0 Å². The fourth-order valence-electron chi connectivity index (χ4n) is 1.20. The molecule has 2 heteroatoms. The van der Waals surface area contributed by atoms with E-state index in [1.165, 1.54) is 18.9 Å². The van der Waals surface area contributed by atoms with Crippen LogP contribution >= 0.6 is 33.9 Å². The van der Waals surface area contributed by atoms with Crippen LogP contribution < -0.4 is 0 Å². The van der Waals surface area contributed by atoms with Gasteiger partial charge in [0.2, 0.25) is 0 Å². The van der Waals surface area contributed by atoms with Gasteiger partial charge in [-0.05, 0) is 59.3 Å². The van der Waals surface area contributed by atoms with Crippen LogP contribution in [0, 0.1) is 10.5 Å². The molecule has 0 bridgehead atoms. The van der Waals surface area contributed by atoms with E-state index in [-0.39, 0.29) is 0 Å². The van der Waals surface area contributed by atoms with E-state index in [2.05, 4.69) is 65.9 Å². The molecular formula is C11H9IS. The zero-order chi connectivity index (χ0) is 9.26. The molecule has 2 aromatic rings. The molecule has 0 atom stereocenters. The molecule has 0 spiro atoms. The summed E-state index contributed by atoms with van der Waals surface area (Å²) < 4.78 is 1.29. The lowest BCUT2D eigenvalue weighted by Crippen LogP contribution is -1.72. The lowest BCUT2D eigenvalue weighted by Gasteiger charge is -1.96. The maximum absolute atomic E-state index is 2.32. The van der Waals surface area contributed by atoms with Gasteiger partial charge in [0.15, 0.2) is 0 Å². The molecule has 0 aliphatic heterocycles. The van der Waals surface area contributed by atoms with Crippen molar-refractivity contribution in [2.45, 2.75) is 6.92 Å². The van der Waals surface area contributed by atoms with Crippen molar-refractivity contribution in [2.24, 2.45) is 0 Å². The van der Waals surface area contributed by atoms with Gasteiger partial charge in [-0.2, -0.15) is 0 Å². The Labute approximate surface area is 95.8 Å². The molecule has 66 valence electrons. The largest absolute Gasteiger partial charge is 0.141 e. The van der Waals surface area contributed by atoms with Gasteiger partial charge in [-0.25, -0.2) is 0 Å². The van der Waals surface area contributed by atoms with Gasteiger partial charge in [-0.3, -0.25) is 0 Å². The highest BCUT2D eigenvalue weighted by atomic mass is 127. The highest BCUT2D eigenvalue weighted by Gasteiger charge is 1.99. The van der Waals surface area contributed by atoms with Crippen LogP contribution in [-0.4, -0.2) is 0 Å². The fraction of sp³-hybridized carbons (Fsp3) is 0.0909. The van der Waals surface area contributed by atoms with Gasteiger partial charge in [0.05, 0.1) is 0 Å². The van der Waals surface area contributed by atoms with Crippen LogP contribution in [0.15, 0.2) is 36.4 Å². The summed E-state index contributed by atoms with van der Waals surface area (Å²) in [7, 11) is 0. The maximum atomic E-state index is 2.32. The third-order valence-electron chi connectivity index (χ3n) is 1.87. The lowest BCUT2D eigenvalue weighted by atomic mass is 10.2. The molecule has 0 saturated carbocycles. The summed E-state index contributed by atoms with van der Waals surface area (Å²) in [5.74, 6) is 0. The molecular weight excluding hydrogens is 291 g/mol. The summed E-state index contributed by atoms with van der Waals surface area (Å²) >= 11 is 4.17. The minimum Gasteiger partial charge on any atom is -0.141 e. The SMILES string of the molecule is Cc1ccc(-c2ccc(I)cc2)s1. The van der Waals surface area contributed by atoms with Crippen LogP contribution in [0.3, 0.4) is 0 Å². The van der Waals surface area contributed by atoms with Crippen molar-refractivity contribution in [1.82, 2.24) is 0 Å². The first-order valence-electron chi connectivity index (χ1n) is 4.08. The Balaban J connectivity index is 2.41. The standard InChI is InChI=1S/C11H9IS/c1-8-2-7-11(13-8)9-3-5-10(12)6-4-9/h2-7H,1H3. The second-order valence-corrected chi connectivity index (χ2v) is 5.45. The number of hydrogen-bond acceptors (Lipinski definition) is 1. The van der Waals surface area contributed by atoms with Gasteiger partial charge in [0.25, 0.3) is 0 Å². The molecule has 0 nitrogen and oxygen atoms in total. The molecule has 0 saturated heterocycles. The first kappa shape index (κ1) is 9.21. The number of thiophene rings is 1. The topological polar surface area (TPSA) is 0 Å². The lowest BCUT2D eigenvalue weighted by molar-refractivity contribution is 1.63. The fourth-order valence-corrected chi connectivity index (χ4v) is 2.44. The Morgan fingerprint density at radius 1 is 1.00 bits per heavy atom. The predicted molar refractivity (Wildman–Crippen MR) is 67.2 cm³/mol. The van der Waals surface area contributed by atoms with Crippen molar-refractivity contribution in [3.05, 3.63) is 44.8 Å². The van der Waals surface area contributed by atoms with E-state index in [9.17, 15) is 0 Å². The average Bonchev–Trinajstić information content (AvgIpc) is 2.53. The van der Waals surface area contributed by atoms with Crippen molar-refractivity contribution in [3.8, 4) is 10.4 Å². The molecule has 0 aliphatic rings. The summed E-state index contributed by atoms with van der Waals surface area (Å²) in [6, 6.07) is 13.0. The van der Waals surface area contributed by atoms with Gasteiger partial charge in [-0.15, -0.1) is 11.3 Å². The number of hydrogen-bond donors (Lipinski definition) is 0. The molecule has 1 heterocycles. The minimum atomic E-state index is 1.29. The van der Waals surface area contributed by atoms with Crippen LogP contribution in [-0.2, 0) is 0 Å². The summed E-state index contributed by atoms with van der Waals surface area (Å²) in [4.78, 5) is 2.72. The first-order valence-corrected chi connectivity index (χ1v) is 5.97. The molecule has 0 N–H and O–H groups in total. The normalized spacial score (nSPS) is 10.3. The molecule has 13 heavy (non-hydrogen) atoms. The average molecular weight is 300 g/mol. The highest BCUT2D eigenvalue weighted by molar-refractivity contribution is 14.1. The predicted octanol–water partition coefficient (Wildman–Crippen LogP) is 4.33. The van der Waals surface area contributed by atoms with Crippen molar-refractivity contribution >= 4 is 33.9 Å². The Morgan fingerprint density at radius 3 is 2.23 bits per heavy atom. The van der Waals surface area contributed by atoms with Crippen molar-refractivity contribution in [3.63, 3.8) is 0 Å². The number of aryl methyl sites for hydroxylation is 1. The number of benzene rings is 1. The van der Waals surface area contributed by atoms with E-state index in [1.807, 2.05) is 11.3 Å². The third-order valence-corrected chi connectivity index (χ3v) is 3.64. The molecule has 2 rings (SSSR count). The maximum Gasteiger partial charge on any atom is 0.0345 e. The molecule has 0 radical (unpaired) electrons. The monoisotopic (exact) mass is 300 g/mol. The van der Waals surface area contributed by atoms with E-state index >= 15 is 0 Å². The second-order valence-electron chi connectivity index (χ2n) is 2.92. The Hall–Kier alpha value is -0.350. The Morgan fingerprint density at radius 2 is 1.69 bits per heavy atom. The smallest absolute Gasteiger partial charge is 0.0345 e. The third kappa shape index (κ3) is 2.11. The Kier molecular flexibility index (Phi) is 2.69. The molecule has 0 fully saturated rings. The zero-order valence-corrected chi connectivity index (χ0v) is 10.2. The van der Waals surface area contributed by atoms with Gasteiger partial charge in [-0.1, -0.05) is 12.1 Å². The summed E-state index contributed by atoms with van der Waals surface area (Å²) in [5.41, 5.74) is 1.32. The molecule has 1 aromatic carbocycles. The van der Waals surface area contributed by atoms with Crippen LogP contribution in [0.25, 0.3) is 10.4 Å². The van der Waals surface area contributed by atoms with E-state index in [0.29, 0.717) is 0 Å². The van der Waals surface area contributed by atoms with Crippen LogP contribution in [0.2, 0.25) is 0 Å². The summed E-state index contributed by atoms with van der Waals surface area (Å²) in [6.45, 7) is 2.14. The van der Waals surface area contributed by atoms with Gasteiger partial charge < -0.3 is 0 Å². The summed E-state index contributed by atoms with van der Waals surface area (Å²) in [5, 5.41) is 0. The minimum absolute atomic E-state index is 1.29. The van der Waals surface area contributed by atoms with Gasteiger partial charge >= 0.3 is 0 Å². The number of rotatable bonds is 1. The van der Waals surface area contributed by atoms with E-state index in [1.54, 1.807) is 0 Å². The quantitative estimate of drug-likeness (QED) is 0.688. The van der Waals surface area contributed by atoms with E-state index in [0.717, 1.165) is 0 Å². The highest BCUT2D eigenvalue weighted by Crippen LogP contribution is 2.27. The van der Waals surface area contributed by atoms with Crippen LogP contribution in [0.4, 0.5) is 0 Å². The van der Waals surface area contributed by atoms with E-state index < -0.39 is 0 Å². The molecule has 0 amide bonds. The Bertz CT molecular complexity index is 400. The van der Waals surface area contributed by atoms with Crippen LogP contribution in [0.1, 0.15) is 4.88 Å². The number of halogens is 1. The van der Waals surface area contributed by atoms with Crippen LogP contribution in [0.5, 0.6) is 0 Å². The summed E-state index contributed by atoms with van der Waals surface area (Å²) in [6.07, 6.45) is 0. The van der Waals surface area contributed by atoms with Gasteiger partial charge in [0.1, 0.15) is 0 Å². The van der Waals surface area contributed by atoms with E-state index in [4.69, 9.17) is 0 Å². The first-order chi connectivity index (χ1) is 6.25. The molecule has 1 aromatic heterocycles.